The Bertz CT molecular complexity index is 849. The van der Waals surface area contributed by atoms with Gasteiger partial charge in [0.1, 0.15) is 16.8 Å². The Morgan fingerprint density at radius 1 is 1.19 bits per heavy atom. The minimum absolute atomic E-state index is 0.0105. The number of aromatic nitrogens is 2. The van der Waals surface area contributed by atoms with Crippen LogP contribution in [0.3, 0.4) is 0 Å². The average Bonchev–Trinajstić information content (AvgIpc) is 3.09. The van der Waals surface area contributed by atoms with Gasteiger partial charge in [-0.2, -0.15) is 8.75 Å². The first-order chi connectivity index (χ1) is 12.6. The number of carbonyl (C=O) groups is 3. The van der Waals surface area contributed by atoms with Crippen molar-refractivity contribution >= 4 is 46.1 Å². The molecule has 0 spiro atoms. The van der Waals surface area contributed by atoms with E-state index in [2.05, 4.69) is 14.1 Å². The number of ether oxygens (including phenoxy) is 1. The molecule has 1 N–H and O–H groups in total. The number of carbonyl (C=O) groups excluding carboxylic acids is 3. The molecule has 136 valence electrons. The molecule has 8 heteroatoms. The van der Waals surface area contributed by atoms with E-state index < -0.39 is 5.91 Å². The number of amides is 1. The Morgan fingerprint density at radius 2 is 1.96 bits per heavy atom. The van der Waals surface area contributed by atoms with Crippen molar-refractivity contribution in [3.63, 3.8) is 0 Å². The van der Waals surface area contributed by atoms with Gasteiger partial charge in [0.25, 0.3) is 5.91 Å². The van der Waals surface area contributed by atoms with Crippen LogP contribution < -0.4 is 5.32 Å². The van der Waals surface area contributed by atoms with Crippen molar-refractivity contribution in [2.45, 2.75) is 32.1 Å². The Hall–Kier alpha value is -2.35. The minimum atomic E-state index is -0.411. The van der Waals surface area contributed by atoms with Gasteiger partial charge in [0, 0.05) is 11.8 Å². The molecule has 2 aliphatic carbocycles. The second-order valence-corrected chi connectivity index (χ2v) is 7.52. The van der Waals surface area contributed by atoms with Gasteiger partial charge in [0.05, 0.1) is 23.3 Å². The van der Waals surface area contributed by atoms with Gasteiger partial charge in [-0.3, -0.25) is 14.4 Å². The zero-order valence-electron chi connectivity index (χ0n) is 14.1. The van der Waals surface area contributed by atoms with Gasteiger partial charge in [-0.1, -0.05) is 12.5 Å². The van der Waals surface area contributed by atoms with E-state index >= 15 is 0 Å². The molecule has 7 nitrogen and oxygen atoms in total. The highest BCUT2D eigenvalue weighted by Crippen LogP contribution is 2.40. The summed E-state index contributed by atoms with van der Waals surface area (Å²) in [5.41, 5.74) is 1.88. The number of nitrogens with one attached hydrogen (secondary N) is 1. The summed E-state index contributed by atoms with van der Waals surface area (Å²) in [6, 6.07) is 5.33. The molecular formula is C18H19N3O4S. The molecule has 4 rings (SSSR count). The fraction of sp³-hybridized carbons (Fsp3) is 0.500. The van der Waals surface area contributed by atoms with Crippen molar-refractivity contribution in [3.8, 4) is 0 Å². The molecule has 2 bridgehead atoms. The molecule has 0 radical (unpaired) electrons. The predicted octanol–water partition coefficient (Wildman–Crippen LogP) is 2.57. The van der Waals surface area contributed by atoms with Gasteiger partial charge >= 0.3 is 5.97 Å². The lowest BCUT2D eigenvalue weighted by Crippen LogP contribution is -2.40. The van der Waals surface area contributed by atoms with E-state index in [1.165, 1.54) is 0 Å². The standard InChI is InChI=1S/C18H19N3O4S/c22-15(19-13-5-2-6-14-16(13)21-26-20-14)9-25-18(24)12-7-10-3-1-4-11(8-12)17(10)23/h2,5-6,10-12H,1,3-4,7-9H2,(H,19,22)/t10-,11+,12?. The van der Waals surface area contributed by atoms with Gasteiger partial charge in [-0.25, -0.2) is 0 Å². The Balaban J connectivity index is 1.32. The molecule has 1 aromatic heterocycles. The van der Waals surface area contributed by atoms with E-state index in [-0.39, 0.29) is 30.3 Å². The molecule has 1 unspecified atom stereocenters. The lowest BCUT2D eigenvalue weighted by Gasteiger charge is -2.36. The largest absolute Gasteiger partial charge is 0.455 e. The van der Waals surface area contributed by atoms with Gasteiger partial charge in [-0.05, 0) is 37.8 Å². The first-order valence-corrected chi connectivity index (χ1v) is 9.56. The van der Waals surface area contributed by atoms with Crippen LogP contribution >= 0.6 is 11.7 Å². The number of fused-ring (bicyclic) bond motifs is 3. The van der Waals surface area contributed by atoms with E-state index in [1.807, 2.05) is 6.07 Å². The Labute approximate surface area is 154 Å². The summed E-state index contributed by atoms with van der Waals surface area (Å²) in [6.45, 7) is -0.341. The number of nitrogens with zero attached hydrogens (tertiary/aromatic N) is 2. The van der Waals surface area contributed by atoms with Gasteiger partial charge in [-0.15, -0.1) is 0 Å². The molecular weight excluding hydrogens is 354 g/mol. The fourth-order valence-electron chi connectivity index (χ4n) is 4.02. The number of hydrogen-bond acceptors (Lipinski definition) is 7. The predicted molar refractivity (Wildman–Crippen MR) is 95.6 cm³/mol. The molecule has 26 heavy (non-hydrogen) atoms. The number of ketones is 1. The van der Waals surface area contributed by atoms with Crippen LogP contribution in [0, 0.1) is 17.8 Å². The third kappa shape index (κ3) is 3.33. The summed E-state index contributed by atoms with van der Waals surface area (Å²) in [6.07, 6.45) is 3.90. The van der Waals surface area contributed by atoms with Crippen LogP contribution in [0.15, 0.2) is 18.2 Å². The maximum atomic E-state index is 12.3. The molecule has 0 aliphatic heterocycles. The van der Waals surface area contributed by atoms with Crippen LogP contribution in [0.1, 0.15) is 32.1 Å². The van der Waals surface area contributed by atoms with Gasteiger partial charge < -0.3 is 10.1 Å². The third-order valence-corrected chi connectivity index (χ3v) is 5.83. The summed E-state index contributed by atoms with van der Waals surface area (Å²) in [5, 5.41) is 2.71. The molecule has 3 atom stereocenters. The van der Waals surface area contributed by atoms with E-state index in [1.54, 1.807) is 12.1 Å². The highest BCUT2D eigenvalue weighted by molar-refractivity contribution is 7.00. The minimum Gasteiger partial charge on any atom is -0.455 e. The number of esters is 1. The van der Waals surface area contributed by atoms with Gasteiger partial charge in [0.15, 0.2) is 6.61 Å². The SMILES string of the molecule is O=C(COC(=O)C1C[C@H]2CCC[C@@H](C1)C2=O)Nc1cccc2nsnc12. The van der Waals surface area contributed by atoms with Crippen molar-refractivity contribution in [2.24, 2.45) is 17.8 Å². The lowest BCUT2D eigenvalue weighted by atomic mass is 9.67. The van der Waals surface area contributed by atoms with E-state index in [9.17, 15) is 14.4 Å². The Morgan fingerprint density at radius 3 is 2.73 bits per heavy atom. The molecule has 1 amide bonds. The van der Waals surface area contributed by atoms with Crippen molar-refractivity contribution in [1.82, 2.24) is 8.75 Å². The lowest BCUT2D eigenvalue weighted by molar-refractivity contribution is -0.155. The molecule has 2 fully saturated rings. The van der Waals surface area contributed by atoms with Crippen LogP contribution in [0.2, 0.25) is 0 Å². The van der Waals surface area contributed by atoms with Crippen LogP contribution in [0.25, 0.3) is 11.0 Å². The topological polar surface area (TPSA) is 98.2 Å². The summed E-state index contributed by atoms with van der Waals surface area (Å²) in [5.74, 6) is -0.777. The second-order valence-electron chi connectivity index (χ2n) is 6.99. The van der Waals surface area contributed by atoms with Crippen LogP contribution in [-0.4, -0.2) is 33.0 Å². The van der Waals surface area contributed by atoms with Crippen molar-refractivity contribution in [3.05, 3.63) is 18.2 Å². The quantitative estimate of drug-likeness (QED) is 0.827. The van der Waals surface area contributed by atoms with Gasteiger partial charge in [0.2, 0.25) is 0 Å². The highest BCUT2D eigenvalue weighted by atomic mass is 32.1. The fourth-order valence-corrected chi connectivity index (χ4v) is 4.57. The molecule has 2 saturated carbocycles. The molecule has 0 saturated heterocycles. The summed E-state index contributed by atoms with van der Waals surface area (Å²) >= 11 is 1.08. The maximum Gasteiger partial charge on any atom is 0.309 e. The number of Topliss-reactive ketones (excluding diaryl/α,β-unsaturated/α-hetero) is 1. The number of hydrogen-bond donors (Lipinski definition) is 1. The number of rotatable bonds is 4. The van der Waals surface area contributed by atoms with Crippen LogP contribution in [-0.2, 0) is 19.1 Å². The second kappa shape index (κ2) is 7.11. The summed E-state index contributed by atoms with van der Waals surface area (Å²) in [7, 11) is 0. The first kappa shape index (κ1) is 17.1. The normalized spacial score (nSPS) is 25.1. The Kier molecular flexibility index (Phi) is 4.67. The van der Waals surface area contributed by atoms with Crippen LogP contribution in [0.5, 0.6) is 0 Å². The monoisotopic (exact) mass is 373 g/mol. The molecule has 2 aromatic rings. The molecule has 2 aliphatic rings. The zero-order chi connectivity index (χ0) is 18.1. The number of anilines is 1. The van der Waals surface area contributed by atoms with Crippen molar-refractivity contribution < 1.29 is 19.1 Å². The van der Waals surface area contributed by atoms with Crippen molar-refractivity contribution in [1.29, 1.82) is 0 Å². The maximum absolute atomic E-state index is 12.3. The van der Waals surface area contributed by atoms with E-state index in [0.717, 1.165) is 31.0 Å². The average molecular weight is 373 g/mol. The third-order valence-electron chi connectivity index (χ3n) is 5.29. The van der Waals surface area contributed by atoms with E-state index in [4.69, 9.17) is 4.74 Å². The highest BCUT2D eigenvalue weighted by Gasteiger charge is 2.41. The zero-order valence-corrected chi connectivity index (χ0v) is 15.0. The molecule has 1 aromatic carbocycles. The van der Waals surface area contributed by atoms with E-state index in [0.29, 0.717) is 35.3 Å². The smallest absolute Gasteiger partial charge is 0.309 e. The van der Waals surface area contributed by atoms with Crippen molar-refractivity contribution in [2.75, 3.05) is 11.9 Å². The first-order valence-electron chi connectivity index (χ1n) is 8.83. The molecule has 1 heterocycles. The summed E-state index contributed by atoms with van der Waals surface area (Å²) < 4.78 is 13.5. The van der Waals surface area contributed by atoms with Crippen LogP contribution in [0.4, 0.5) is 5.69 Å². The summed E-state index contributed by atoms with van der Waals surface area (Å²) in [4.78, 5) is 36.6. The number of benzene rings is 1.